The highest BCUT2D eigenvalue weighted by atomic mass is 16.5. The number of rotatable bonds is 7. The van der Waals surface area contributed by atoms with Gasteiger partial charge in [0.1, 0.15) is 11.4 Å². The molecular formula is C16H27N3O2. The van der Waals surface area contributed by atoms with E-state index in [1.54, 1.807) is 0 Å². The molecule has 1 saturated heterocycles. The molecule has 1 aromatic heterocycles. The Kier molecular flexibility index (Phi) is 5.94. The van der Waals surface area contributed by atoms with E-state index in [0.29, 0.717) is 19.8 Å². The van der Waals surface area contributed by atoms with Crippen LogP contribution in [0.4, 0.5) is 5.82 Å². The fraction of sp³-hybridized carbons (Fsp3) is 0.750. The lowest BCUT2D eigenvalue weighted by Crippen LogP contribution is -2.38. The number of anilines is 1. The number of aromatic nitrogens is 2. The standard InChI is InChI=1S/C16H27N3O2/c1-4-9-17-14-12-13(5-2)18-15(19-14)16(21-6-3)7-10-20-11-8-16/h12H,4-11H2,1-3H3,(H,17,18,19). The molecule has 2 heterocycles. The van der Waals surface area contributed by atoms with Crippen LogP contribution < -0.4 is 5.32 Å². The lowest BCUT2D eigenvalue weighted by atomic mass is 9.92. The first kappa shape index (κ1) is 16.2. The summed E-state index contributed by atoms with van der Waals surface area (Å²) in [6, 6.07) is 2.04. The van der Waals surface area contributed by atoms with E-state index in [9.17, 15) is 0 Å². The van der Waals surface area contributed by atoms with Crippen LogP contribution >= 0.6 is 0 Å². The van der Waals surface area contributed by atoms with Crippen molar-refractivity contribution in [3.05, 3.63) is 17.6 Å². The summed E-state index contributed by atoms with van der Waals surface area (Å²) in [5.74, 6) is 1.72. The Balaban J connectivity index is 2.33. The van der Waals surface area contributed by atoms with Crippen LogP contribution in [-0.4, -0.2) is 36.3 Å². The van der Waals surface area contributed by atoms with Crippen LogP contribution in [0.1, 0.15) is 51.6 Å². The Morgan fingerprint density at radius 1 is 1.24 bits per heavy atom. The molecular weight excluding hydrogens is 266 g/mol. The summed E-state index contributed by atoms with van der Waals surface area (Å²) in [7, 11) is 0. The highest BCUT2D eigenvalue weighted by Crippen LogP contribution is 2.34. The van der Waals surface area contributed by atoms with E-state index >= 15 is 0 Å². The number of nitrogens with one attached hydrogen (secondary N) is 1. The van der Waals surface area contributed by atoms with E-state index in [4.69, 9.17) is 19.4 Å². The number of aryl methyl sites for hydroxylation is 1. The molecule has 0 unspecified atom stereocenters. The molecule has 0 bridgehead atoms. The van der Waals surface area contributed by atoms with Crippen molar-refractivity contribution in [2.75, 3.05) is 31.7 Å². The molecule has 5 nitrogen and oxygen atoms in total. The Morgan fingerprint density at radius 2 is 2.00 bits per heavy atom. The third-order valence-corrected chi connectivity index (χ3v) is 3.83. The highest BCUT2D eigenvalue weighted by Gasteiger charge is 2.38. The molecule has 0 spiro atoms. The van der Waals surface area contributed by atoms with Gasteiger partial charge in [0.05, 0.1) is 0 Å². The van der Waals surface area contributed by atoms with Crippen molar-refractivity contribution in [1.29, 1.82) is 0 Å². The molecule has 0 aliphatic carbocycles. The average Bonchev–Trinajstić information content (AvgIpc) is 2.53. The molecule has 118 valence electrons. The maximum atomic E-state index is 6.08. The summed E-state index contributed by atoms with van der Waals surface area (Å²) in [6.07, 6.45) is 3.61. The van der Waals surface area contributed by atoms with Gasteiger partial charge in [0, 0.05) is 51.0 Å². The van der Waals surface area contributed by atoms with Crippen LogP contribution in [0.25, 0.3) is 0 Å². The summed E-state index contributed by atoms with van der Waals surface area (Å²) >= 11 is 0. The van der Waals surface area contributed by atoms with Crippen LogP contribution in [0.15, 0.2) is 6.07 Å². The zero-order valence-corrected chi connectivity index (χ0v) is 13.4. The molecule has 1 aliphatic rings. The second kappa shape index (κ2) is 7.71. The predicted octanol–water partition coefficient (Wildman–Crippen LogP) is 2.90. The minimum Gasteiger partial charge on any atom is -0.381 e. The molecule has 2 rings (SSSR count). The maximum absolute atomic E-state index is 6.08. The Labute approximate surface area is 127 Å². The zero-order chi connectivity index (χ0) is 15.1. The second-order valence-corrected chi connectivity index (χ2v) is 5.39. The van der Waals surface area contributed by atoms with E-state index in [1.807, 2.05) is 13.0 Å². The Bertz CT molecular complexity index is 440. The van der Waals surface area contributed by atoms with Gasteiger partial charge in [-0.3, -0.25) is 0 Å². The highest BCUT2D eigenvalue weighted by molar-refractivity contribution is 5.37. The summed E-state index contributed by atoms with van der Waals surface area (Å²) < 4.78 is 11.6. The molecule has 1 aliphatic heterocycles. The van der Waals surface area contributed by atoms with Gasteiger partial charge in [-0.25, -0.2) is 9.97 Å². The maximum Gasteiger partial charge on any atom is 0.163 e. The van der Waals surface area contributed by atoms with Gasteiger partial charge in [-0.05, 0) is 19.8 Å². The summed E-state index contributed by atoms with van der Waals surface area (Å²) in [6.45, 7) is 9.29. The average molecular weight is 293 g/mol. The third-order valence-electron chi connectivity index (χ3n) is 3.83. The van der Waals surface area contributed by atoms with Gasteiger partial charge in [-0.15, -0.1) is 0 Å². The number of hydrogen-bond acceptors (Lipinski definition) is 5. The quantitative estimate of drug-likeness (QED) is 0.837. The number of hydrogen-bond donors (Lipinski definition) is 1. The van der Waals surface area contributed by atoms with Gasteiger partial charge in [0.15, 0.2) is 5.82 Å². The van der Waals surface area contributed by atoms with Crippen LogP contribution in [-0.2, 0) is 21.5 Å². The third kappa shape index (κ3) is 3.92. The van der Waals surface area contributed by atoms with E-state index in [2.05, 4.69) is 19.2 Å². The summed E-state index contributed by atoms with van der Waals surface area (Å²) in [5, 5.41) is 3.37. The number of ether oxygens (including phenoxy) is 2. The lowest BCUT2D eigenvalue weighted by Gasteiger charge is -2.35. The van der Waals surface area contributed by atoms with Gasteiger partial charge >= 0.3 is 0 Å². The van der Waals surface area contributed by atoms with E-state index in [0.717, 1.165) is 49.6 Å². The minimum atomic E-state index is -0.388. The van der Waals surface area contributed by atoms with Crippen molar-refractivity contribution < 1.29 is 9.47 Å². The molecule has 21 heavy (non-hydrogen) atoms. The summed E-state index contributed by atoms with van der Waals surface area (Å²) in [4.78, 5) is 9.47. The SMILES string of the molecule is CCCNc1cc(CC)nc(C2(OCC)CCOCC2)n1. The molecule has 1 N–H and O–H groups in total. The van der Waals surface area contributed by atoms with Crippen molar-refractivity contribution in [3.8, 4) is 0 Å². The van der Waals surface area contributed by atoms with Crippen LogP contribution in [0, 0.1) is 0 Å². The molecule has 5 heteroatoms. The lowest BCUT2D eigenvalue weighted by molar-refractivity contribution is -0.117. The van der Waals surface area contributed by atoms with Crippen molar-refractivity contribution in [1.82, 2.24) is 9.97 Å². The first-order valence-corrected chi connectivity index (χ1v) is 8.08. The topological polar surface area (TPSA) is 56.3 Å². The fourth-order valence-corrected chi connectivity index (χ4v) is 2.64. The van der Waals surface area contributed by atoms with E-state index < -0.39 is 0 Å². The molecule has 0 radical (unpaired) electrons. The van der Waals surface area contributed by atoms with Gasteiger partial charge in [0.25, 0.3) is 0 Å². The van der Waals surface area contributed by atoms with Crippen LogP contribution in [0.5, 0.6) is 0 Å². The predicted molar refractivity (Wildman–Crippen MR) is 83.5 cm³/mol. The first-order valence-electron chi connectivity index (χ1n) is 8.08. The minimum absolute atomic E-state index is 0.388. The van der Waals surface area contributed by atoms with E-state index in [1.165, 1.54) is 0 Å². The number of nitrogens with zero attached hydrogens (tertiary/aromatic N) is 2. The Hall–Kier alpha value is -1.20. The molecule has 1 fully saturated rings. The van der Waals surface area contributed by atoms with Crippen LogP contribution in [0.3, 0.4) is 0 Å². The van der Waals surface area contributed by atoms with Crippen molar-refractivity contribution in [2.24, 2.45) is 0 Å². The van der Waals surface area contributed by atoms with Gasteiger partial charge in [-0.1, -0.05) is 13.8 Å². The molecule has 0 atom stereocenters. The molecule has 0 saturated carbocycles. The molecule has 1 aromatic rings. The monoisotopic (exact) mass is 293 g/mol. The zero-order valence-electron chi connectivity index (χ0n) is 13.4. The first-order chi connectivity index (χ1) is 10.2. The Morgan fingerprint density at radius 3 is 2.62 bits per heavy atom. The van der Waals surface area contributed by atoms with Crippen molar-refractivity contribution in [2.45, 2.75) is 52.1 Å². The largest absolute Gasteiger partial charge is 0.381 e. The van der Waals surface area contributed by atoms with Crippen molar-refractivity contribution >= 4 is 5.82 Å². The van der Waals surface area contributed by atoms with E-state index in [-0.39, 0.29) is 5.60 Å². The molecule has 0 amide bonds. The smallest absolute Gasteiger partial charge is 0.163 e. The molecule has 0 aromatic carbocycles. The van der Waals surface area contributed by atoms with Crippen LogP contribution in [0.2, 0.25) is 0 Å². The fourth-order valence-electron chi connectivity index (χ4n) is 2.64. The second-order valence-electron chi connectivity index (χ2n) is 5.39. The normalized spacial score (nSPS) is 17.7. The van der Waals surface area contributed by atoms with Gasteiger partial charge < -0.3 is 14.8 Å². The summed E-state index contributed by atoms with van der Waals surface area (Å²) in [5.41, 5.74) is 0.671. The van der Waals surface area contributed by atoms with Crippen molar-refractivity contribution in [3.63, 3.8) is 0 Å². The van der Waals surface area contributed by atoms with Gasteiger partial charge in [-0.2, -0.15) is 0 Å². The van der Waals surface area contributed by atoms with Gasteiger partial charge in [0.2, 0.25) is 0 Å².